The zero-order chi connectivity index (χ0) is 14.4. The van der Waals surface area contributed by atoms with E-state index in [-0.39, 0.29) is 11.5 Å². The van der Waals surface area contributed by atoms with E-state index in [1.807, 2.05) is 0 Å². The molecule has 7 heteroatoms. The number of anilines is 1. The van der Waals surface area contributed by atoms with Crippen LogP contribution >= 0.6 is 15.9 Å². The van der Waals surface area contributed by atoms with Crippen molar-refractivity contribution < 1.29 is 19.4 Å². The molecule has 1 rings (SSSR count). The van der Waals surface area contributed by atoms with Gasteiger partial charge in [0.25, 0.3) is 0 Å². The van der Waals surface area contributed by atoms with Crippen molar-refractivity contribution in [1.29, 1.82) is 0 Å². The predicted octanol–water partition coefficient (Wildman–Crippen LogP) is 1.45. The van der Waals surface area contributed by atoms with E-state index in [1.54, 1.807) is 6.07 Å². The Labute approximate surface area is 119 Å². The Morgan fingerprint density at radius 3 is 2.74 bits per heavy atom. The molecule has 0 aliphatic rings. The minimum Gasteiger partial charge on any atom is -0.478 e. The van der Waals surface area contributed by atoms with Gasteiger partial charge in [-0.3, -0.25) is 4.79 Å². The van der Waals surface area contributed by atoms with Gasteiger partial charge in [0, 0.05) is 23.9 Å². The number of amides is 1. The number of benzene rings is 1. The number of hydrogen-bond acceptors (Lipinski definition) is 4. The number of carbonyl (C=O) groups excluding carboxylic acids is 1. The van der Waals surface area contributed by atoms with Crippen LogP contribution in [0, 0.1) is 0 Å². The monoisotopic (exact) mass is 330 g/mol. The van der Waals surface area contributed by atoms with Crippen molar-refractivity contribution in [3.8, 4) is 0 Å². The number of carboxylic acids is 1. The van der Waals surface area contributed by atoms with Crippen molar-refractivity contribution in [3.05, 3.63) is 28.2 Å². The molecular weight excluding hydrogens is 316 g/mol. The van der Waals surface area contributed by atoms with Crippen LogP contribution in [0.5, 0.6) is 0 Å². The van der Waals surface area contributed by atoms with Crippen molar-refractivity contribution in [2.24, 2.45) is 5.73 Å². The second kappa shape index (κ2) is 7.22. The van der Waals surface area contributed by atoms with Gasteiger partial charge >= 0.3 is 5.97 Å². The third-order valence-corrected chi connectivity index (χ3v) is 2.84. The Morgan fingerprint density at radius 2 is 2.16 bits per heavy atom. The third kappa shape index (κ3) is 4.98. The number of nitrogens with two attached hydrogens (primary N) is 1. The van der Waals surface area contributed by atoms with Gasteiger partial charge in [-0.05, 0) is 24.6 Å². The Hall–Kier alpha value is -1.44. The molecule has 104 valence electrons. The molecule has 0 aliphatic heterocycles. The lowest BCUT2D eigenvalue weighted by Gasteiger charge is -2.12. The zero-order valence-electron chi connectivity index (χ0n) is 10.4. The van der Waals surface area contributed by atoms with Gasteiger partial charge in [-0.1, -0.05) is 15.9 Å². The minimum absolute atomic E-state index is 0.0788. The summed E-state index contributed by atoms with van der Waals surface area (Å²) in [5.41, 5.74) is 6.13. The molecule has 0 saturated carbocycles. The summed E-state index contributed by atoms with van der Waals surface area (Å²) in [5.74, 6) is -1.45. The minimum atomic E-state index is -1.07. The summed E-state index contributed by atoms with van der Waals surface area (Å²) < 4.78 is 5.40. The van der Waals surface area contributed by atoms with Gasteiger partial charge in [-0.15, -0.1) is 0 Å². The van der Waals surface area contributed by atoms with Crippen LogP contribution in [-0.2, 0) is 9.53 Å². The molecule has 1 unspecified atom stereocenters. The van der Waals surface area contributed by atoms with E-state index >= 15 is 0 Å². The standard InChI is InChI=1S/C12H15BrN2O4/c1-19-3-2-10(14)11(16)15-9-5-7(12(17)18)4-8(13)6-9/h4-6,10H,2-3,14H2,1H3,(H,15,16)(H,17,18). The van der Waals surface area contributed by atoms with Crippen molar-refractivity contribution >= 4 is 33.5 Å². The van der Waals surface area contributed by atoms with Crippen molar-refractivity contribution in [2.45, 2.75) is 12.5 Å². The number of rotatable bonds is 6. The van der Waals surface area contributed by atoms with E-state index < -0.39 is 12.0 Å². The number of aromatic carboxylic acids is 1. The molecule has 1 amide bonds. The van der Waals surface area contributed by atoms with E-state index in [4.69, 9.17) is 15.6 Å². The predicted molar refractivity (Wildman–Crippen MR) is 74.2 cm³/mol. The van der Waals surface area contributed by atoms with E-state index in [9.17, 15) is 9.59 Å². The molecule has 0 fully saturated rings. The second-order valence-corrected chi connectivity index (χ2v) is 4.83. The van der Waals surface area contributed by atoms with Gasteiger partial charge in [-0.2, -0.15) is 0 Å². The Morgan fingerprint density at radius 1 is 1.47 bits per heavy atom. The van der Waals surface area contributed by atoms with Gasteiger partial charge in [0.1, 0.15) is 0 Å². The van der Waals surface area contributed by atoms with Gasteiger partial charge in [-0.25, -0.2) is 4.79 Å². The smallest absolute Gasteiger partial charge is 0.335 e. The summed E-state index contributed by atoms with van der Waals surface area (Å²) in [4.78, 5) is 22.6. The van der Waals surface area contributed by atoms with Crippen LogP contribution in [0.15, 0.2) is 22.7 Å². The molecule has 1 aromatic rings. The summed E-state index contributed by atoms with van der Waals surface area (Å²) in [6.07, 6.45) is 0.391. The average molecular weight is 331 g/mol. The molecule has 19 heavy (non-hydrogen) atoms. The number of nitrogens with one attached hydrogen (secondary N) is 1. The van der Waals surface area contributed by atoms with E-state index in [1.165, 1.54) is 19.2 Å². The summed E-state index contributed by atoms with van der Waals surface area (Å²) >= 11 is 3.18. The topological polar surface area (TPSA) is 102 Å². The van der Waals surface area contributed by atoms with E-state index in [2.05, 4.69) is 21.2 Å². The number of hydrogen-bond donors (Lipinski definition) is 3. The lowest BCUT2D eigenvalue weighted by Crippen LogP contribution is -2.36. The lowest BCUT2D eigenvalue weighted by molar-refractivity contribution is -0.117. The van der Waals surface area contributed by atoms with Crippen LogP contribution in [0.4, 0.5) is 5.69 Å². The van der Waals surface area contributed by atoms with Gasteiger partial charge in [0.2, 0.25) is 5.91 Å². The highest BCUT2D eigenvalue weighted by atomic mass is 79.9. The zero-order valence-corrected chi connectivity index (χ0v) is 11.9. The molecule has 1 aromatic carbocycles. The molecule has 0 radical (unpaired) electrons. The first-order valence-electron chi connectivity index (χ1n) is 5.53. The summed E-state index contributed by atoms with van der Waals surface area (Å²) in [6.45, 7) is 0.382. The molecule has 0 heterocycles. The van der Waals surface area contributed by atoms with Crippen molar-refractivity contribution in [1.82, 2.24) is 0 Å². The Balaban J connectivity index is 2.76. The largest absolute Gasteiger partial charge is 0.478 e. The summed E-state index contributed by atoms with van der Waals surface area (Å²) in [5, 5.41) is 11.5. The van der Waals surface area contributed by atoms with Gasteiger partial charge in [0.05, 0.1) is 11.6 Å². The molecule has 4 N–H and O–H groups in total. The maximum Gasteiger partial charge on any atom is 0.335 e. The maximum atomic E-state index is 11.8. The fraction of sp³-hybridized carbons (Fsp3) is 0.333. The number of methoxy groups -OCH3 is 1. The molecule has 0 saturated heterocycles. The van der Waals surface area contributed by atoms with Crippen LogP contribution < -0.4 is 11.1 Å². The lowest BCUT2D eigenvalue weighted by atomic mass is 10.1. The van der Waals surface area contributed by atoms with Crippen molar-refractivity contribution in [3.63, 3.8) is 0 Å². The third-order valence-electron chi connectivity index (χ3n) is 2.38. The molecule has 0 spiro atoms. The number of carbonyl (C=O) groups is 2. The SMILES string of the molecule is COCCC(N)C(=O)Nc1cc(Br)cc(C(=O)O)c1. The van der Waals surface area contributed by atoms with Crippen LogP contribution in [0.3, 0.4) is 0 Å². The maximum absolute atomic E-state index is 11.8. The quantitative estimate of drug-likeness (QED) is 0.732. The molecule has 6 nitrogen and oxygen atoms in total. The fourth-order valence-electron chi connectivity index (χ4n) is 1.40. The summed E-state index contributed by atoms with van der Waals surface area (Å²) in [7, 11) is 1.53. The van der Waals surface area contributed by atoms with Gasteiger partial charge in [0.15, 0.2) is 0 Å². The first-order valence-corrected chi connectivity index (χ1v) is 6.32. The van der Waals surface area contributed by atoms with Crippen LogP contribution in [0.25, 0.3) is 0 Å². The van der Waals surface area contributed by atoms with Crippen LogP contribution in [-0.4, -0.2) is 36.7 Å². The normalized spacial score (nSPS) is 11.9. The van der Waals surface area contributed by atoms with Crippen LogP contribution in [0.2, 0.25) is 0 Å². The molecule has 1 atom stereocenters. The fourth-order valence-corrected chi connectivity index (χ4v) is 1.89. The van der Waals surface area contributed by atoms with Crippen LogP contribution in [0.1, 0.15) is 16.8 Å². The molecule has 0 aliphatic carbocycles. The number of halogens is 1. The number of ether oxygens (including phenoxy) is 1. The van der Waals surface area contributed by atoms with Crippen molar-refractivity contribution in [2.75, 3.05) is 19.0 Å². The van der Waals surface area contributed by atoms with E-state index in [0.717, 1.165) is 0 Å². The Kier molecular flexibility index (Phi) is 5.94. The van der Waals surface area contributed by atoms with E-state index in [0.29, 0.717) is 23.2 Å². The first kappa shape index (κ1) is 15.6. The first-order chi connectivity index (χ1) is 8.93. The summed E-state index contributed by atoms with van der Waals surface area (Å²) in [6, 6.07) is 3.72. The Bertz CT molecular complexity index is 479. The second-order valence-electron chi connectivity index (χ2n) is 3.91. The van der Waals surface area contributed by atoms with Gasteiger partial charge < -0.3 is 20.9 Å². The molecular formula is C12H15BrN2O4. The highest BCUT2D eigenvalue weighted by Crippen LogP contribution is 2.20. The molecule has 0 bridgehead atoms. The average Bonchev–Trinajstić information content (AvgIpc) is 2.34. The molecule has 0 aromatic heterocycles. The highest BCUT2D eigenvalue weighted by molar-refractivity contribution is 9.10. The number of carboxylic acid groups (broad SMARTS) is 1. The highest BCUT2D eigenvalue weighted by Gasteiger charge is 2.14.